The summed E-state index contributed by atoms with van der Waals surface area (Å²) in [7, 11) is 0. The molecule has 0 aromatic heterocycles. The lowest BCUT2D eigenvalue weighted by molar-refractivity contribution is -0.115. The maximum absolute atomic E-state index is 13.5. The van der Waals surface area contributed by atoms with E-state index < -0.39 is 41.4 Å². The lowest BCUT2D eigenvalue weighted by Crippen LogP contribution is -2.33. The molecule has 0 bridgehead atoms. The molecule has 0 radical (unpaired) electrons. The van der Waals surface area contributed by atoms with Crippen molar-refractivity contribution in [2.24, 2.45) is 0 Å². The van der Waals surface area contributed by atoms with Crippen LogP contribution in [0.25, 0.3) is 0 Å². The fraction of sp³-hybridized carbons (Fsp3) is 0.222. The molecular formula is C18H17F3N2O3. The van der Waals surface area contributed by atoms with Crippen molar-refractivity contribution in [3.8, 4) is 5.75 Å². The smallest absolute Gasteiger partial charge is 0.254 e. The third-order valence-electron chi connectivity index (χ3n) is 3.20. The number of anilines is 1. The van der Waals surface area contributed by atoms with Crippen molar-refractivity contribution in [2.45, 2.75) is 20.0 Å². The van der Waals surface area contributed by atoms with Gasteiger partial charge in [0.15, 0.2) is 17.5 Å². The number of nitrogens with one attached hydrogen (secondary N) is 2. The highest BCUT2D eigenvalue weighted by Gasteiger charge is 2.19. The molecule has 0 atom stereocenters. The van der Waals surface area contributed by atoms with Crippen LogP contribution in [-0.4, -0.2) is 24.5 Å². The summed E-state index contributed by atoms with van der Waals surface area (Å²) in [6, 6.07) is 8.01. The Morgan fingerprint density at radius 1 is 1.00 bits per heavy atom. The maximum atomic E-state index is 13.5. The third-order valence-corrected chi connectivity index (χ3v) is 3.20. The van der Waals surface area contributed by atoms with Gasteiger partial charge < -0.3 is 15.4 Å². The number of carbonyl (C=O) groups excluding carboxylic acids is 2. The number of hydrogen-bond donors (Lipinski definition) is 2. The summed E-state index contributed by atoms with van der Waals surface area (Å²) in [4.78, 5) is 23.6. The van der Waals surface area contributed by atoms with Gasteiger partial charge in [0.2, 0.25) is 5.91 Å². The molecule has 0 spiro atoms. The van der Waals surface area contributed by atoms with E-state index in [0.717, 1.165) is 6.07 Å². The lowest BCUT2D eigenvalue weighted by Gasteiger charge is -2.11. The van der Waals surface area contributed by atoms with Gasteiger partial charge in [0, 0.05) is 5.69 Å². The predicted octanol–water partition coefficient (Wildman–Crippen LogP) is 3.26. The van der Waals surface area contributed by atoms with E-state index in [1.54, 1.807) is 24.3 Å². The van der Waals surface area contributed by atoms with Gasteiger partial charge in [-0.1, -0.05) is 0 Å². The summed E-state index contributed by atoms with van der Waals surface area (Å²) < 4.78 is 45.0. The minimum absolute atomic E-state index is 0.0161. The number of hydrogen-bond acceptors (Lipinski definition) is 3. The molecule has 0 unspecified atom stereocenters. The number of ether oxygens (including phenoxy) is 1. The van der Waals surface area contributed by atoms with E-state index in [0.29, 0.717) is 17.5 Å². The van der Waals surface area contributed by atoms with E-state index >= 15 is 0 Å². The summed E-state index contributed by atoms with van der Waals surface area (Å²) in [5.41, 5.74) is -0.216. The molecule has 0 fully saturated rings. The van der Waals surface area contributed by atoms with Crippen LogP contribution in [0.15, 0.2) is 36.4 Å². The molecule has 0 heterocycles. The Morgan fingerprint density at radius 3 is 2.27 bits per heavy atom. The summed E-state index contributed by atoms with van der Waals surface area (Å²) >= 11 is 0. The molecule has 5 nitrogen and oxygen atoms in total. The summed E-state index contributed by atoms with van der Waals surface area (Å²) in [5, 5.41) is 4.67. The first-order valence-electron chi connectivity index (χ1n) is 7.76. The second kappa shape index (κ2) is 8.37. The largest absolute Gasteiger partial charge is 0.491 e. The minimum Gasteiger partial charge on any atom is -0.491 e. The SMILES string of the molecule is CC(C)Oc1ccc(NC(=O)CNC(=O)c2ccc(F)c(F)c2F)cc1. The van der Waals surface area contributed by atoms with Crippen LogP contribution in [0.5, 0.6) is 5.75 Å². The lowest BCUT2D eigenvalue weighted by atomic mass is 10.2. The summed E-state index contributed by atoms with van der Waals surface area (Å²) in [6.45, 7) is 3.30. The van der Waals surface area contributed by atoms with Gasteiger partial charge in [-0.05, 0) is 50.2 Å². The number of benzene rings is 2. The Bertz CT molecular complexity index is 808. The normalized spacial score (nSPS) is 10.5. The van der Waals surface area contributed by atoms with Crippen molar-refractivity contribution < 1.29 is 27.5 Å². The molecule has 0 aliphatic carbocycles. The van der Waals surface area contributed by atoms with Crippen LogP contribution >= 0.6 is 0 Å². The molecule has 138 valence electrons. The van der Waals surface area contributed by atoms with Gasteiger partial charge in [-0.15, -0.1) is 0 Å². The second-order valence-electron chi connectivity index (χ2n) is 5.64. The van der Waals surface area contributed by atoms with Crippen LogP contribution < -0.4 is 15.4 Å². The standard InChI is InChI=1S/C18H17F3N2O3/c1-10(2)26-12-5-3-11(4-6-12)23-15(24)9-22-18(25)13-7-8-14(19)17(21)16(13)20/h3-8,10H,9H2,1-2H3,(H,22,25)(H,23,24). The first-order valence-corrected chi connectivity index (χ1v) is 7.76. The first kappa shape index (κ1) is 19.3. The molecule has 2 aromatic carbocycles. The van der Waals surface area contributed by atoms with Gasteiger partial charge in [-0.3, -0.25) is 9.59 Å². The molecular weight excluding hydrogens is 349 g/mol. The number of rotatable bonds is 6. The van der Waals surface area contributed by atoms with Crippen LogP contribution in [0.3, 0.4) is 0 Å². The average molecular weight is 366 g/mol. The van der Waals surface area contributed by atoms with Gasteiger partial charge in [0.1, 0.15) is 5.75 Å². The fourth-order valence-corrected chi connectivity index (χ4v) is 2.05. The highest BCUT2D eigenvalue weighted by molar-refractivity contribution is 5.99. The highest BCUT2D eigenvalue weighted by atomic mass is 19.2. The van der Waals surface area contributed by atoms with Gasteiger partial charge in [0.05, 0.1) is 18.2 Å². The van der Waals surface area contributed by atoms with E-state index in [9.17, 15) is 22.8 Å². The van der Waals surface area contributed by atoms with Gasteiger partial charge in [0.25, 0.3) is 5.91 Å². The molecule has 0 aliphatic heterocycles. The zero-order chi connectivity index (χ0) is 19.3. The molecule has 0 aliphatic rings. The molecule has 2 aromatic rings. The monoisotopic (exact) mass is 366 g/mol. The fourth-order valence-electron chi connectivity index (χ4n) is 2.05. The van der Waals surface area contributed by atoms with E-state index in [1.165, 1.54) is 0 Å². The Hall–Kier alpha value is -3.03. The van der Waals surface area contributed by atoms with Crippen molar-refractivity contribution >= 4 is 17.5 Å². The van der Waals surface area contributed by atoms with Crippen LogP contribution in [0.4, 0.5) is 18.9 Å². The predicted molar refractivity (Wildman–Crippen MR) is 89.5 cm³/mol. The van der Waals surface area contributed by atoms with Crippen molar-refractivity contribution in [1.29, 1.82) is 0 Å². The third kappa shape index (κ3) is 4.98. The van der Waals surface area contributed by atoms with E-state index in [4.69, 9.17) is 4.74 Å². The zero-order valence-electron chi connectivity index (χ0n) is 14.1. The molecule has 0 saturated carbocycles. The van der Waals surface area contributed by atoms with Crippen LogP contribution in [0.1, 0.15) is 24.2 Å². The Labute approximate surface area is 148 Å². The van der Waals surface area contributed by atoms with Crippen molar-refractivity contribution in [3.05, 3.63) is 59.4 Å². The molecule has 8 heteroatoms. The molecule has 26 heavy (non-hydrogen) atoms. The Morgan fingerprint density at radius 2 is 1.65 bits per heavy atom. The second-order valence-corrected chi connectivity index (χ2v) is 5.64. The van der Waals surface area contributed by atoms with Crippen molar-refractivity contribution in [1.82, 2.24) is 5.32 Å². The van der Waals surface area contributed by atoms with E-state index in [-0.39, 0.29) is 6.10 Å². The summed E-state index contributed by atoms with van der Waals surface area (Å²) in [6.07, 6.45) is 0.0161. The average Bonchev–Trinajstić information content (AvgIpc) is 2.59. The topological polar surface area (TPSA) is 67.4 Å². The molecule has 2 amide bonds. The maximum Gasteiger partial charge on any atom is 0.254 e. The van der Waals surface area contributed by atoms with Crippen molar-refractivity contribution in [2.75, 3.05) is 11.9 Å². The van der Waals surface area contributed by atoms with Crippen molar-refractivity contribution in [3.63, 3.8) is 0 Å². The van der Waals surface area contributed by atoms with Crippen LogP contribution in [0, 0.1) is 17.5 Å². The highest BCUT2D eigenvalue weighted by Crippen LogP contribution is 2.17. The van der Waals surface area contributed by atoms with Gasteiger partial charge in [-0.25, -0.2) is 13.2 Å². The first-order chi connectivity index (χ1) is 12.3. The number of halogens is 3. The Kier molecular flexibility index (Phi) is 6.21. The Balaban J connectivity index is 1.90. The van der Waals surface area contributed by atoms with Gasteiger partial charge in [-0.2, -0.15) is 0 Å². The quantitative estimate of drug-likeness (QED) is 0.771. The number of carbonyl (C=O) groups is 2. The zero-order valence-corrected chi connectivity index (χ0v) is 14.1. The van der Waals surface area contributed by atoms with Crippen LogP contribution in [-0.2, 0) is 4.79 Å². The molecule has 2 rings (SSSR count). The van der Waals surface area contributed by atoms with Crippen LogP contribution in [0.2, 0.25) is 0 Å². The van der Waals surface area contributed by atoms with E-state index in [2.05, 4.69) is 10.6 Å². The molecule has 0 saturated heterocycles. The minimum atomic E-state index is -1.74. The molecule has 2 N–H and O–H groups in total. The van der Waals surface area contributed by atoms with E-state index in [1.807, 2.05) is 13.8 Å². The van der Waals surface area contributed by atoms with Gasteiger partial charge >= 0.3 is 0 Å². The summed E-state index contributed by atoms with van der Waals surface area (Å²) in [5.74, 6) is -5.72. The number of amides is 2.